The van der Waals surface area contributed by atoms with Crippen LogP contribution in [-0.2, 0) is 47.9 Å². The van der Waals surface area contributed by atoms with Crippen LogP contribution in [0.2, 0.25) is 0 Å². The Balaban J connectivity index is 7.22. The lowest BCUT2D eigenvalue weighted by Crippen LogP contribution is -2.60. The molecule has 0 aromatic carbocycles. The van der Waals surface area contributed by atoms with Crippen molar-refractivity contribution in [1.82, 2.24) is 47.9 Å². The van der Waals surface area contributed by atoms with Crippen molar-refractivity contribution < 1.29 is 53.1 Å². The summed E-state index contributed by atoms with van der Waals surface area (Å²) in [5.41, 5.74) is 71.9. The summed E-state index contributed by atoms with van der Waals surface area (Å²) in [7, 11) is 0. The number of nitrogens with one attached hydrogen (secondary N) is 9. The van der Waals surface area contributed by atoms with Crippen molar-refractivity contribution >= 4 is 88.9 Å². The van der Waals surface area contributed by atoms with Crippen LogP contribution in [-0.4, -0.2) is 201 Å². The summed E-state index contributed by atoms with van der Waals surface area (Å²) in [5, 5.41) is 33.2. The first-order chi connectivity index (χ1) is 41.5. The van der Waals surface area contributed by atoms with Crippen molar-refractivity contribution in [2.45, 2.75) is 171 Å². The van der Waals surface area contributed by atoms with Crippen LogP contribution in [0.5, 0.6) is 0 Å². The minimum atomic E-state index is -1.54. The van der Waals surface area contributed by atoms with Gasteiger partial charge in [-0.3, -0.25) is 72.9 Å². The van der Waals surface area contributed by atoms with Crippen molar-refractivity contribution in [2.75, 3.05) is 52.4 Å². The fraction of sp³-hybridized carbons (Fsp3) is 0.700. The average molecular weight is 1250 g/mol. The number of nitrogens with zero attached hydrogens (tertiary/aromatic N) is 5. The maximum atomic E-state index is 14.6. The summed E-state index contributed by atoms with van der Waals surface area (Å²) in [6, 6.07) is -11.1. The number of carbonyl (C=O) groups excluding carboxylic acids is 10. The topological polar surface area (TPSA) is 699 Å². The van der Waals surface area contributed by atoms with Gasteiger partial charge < -0.3 is 127 Å². The Morgan fingerprint density at radius 1 is 0.352 bits per heavy atom. The highest BCUT2D eigenvalue weighted by atomic mass is 16.3. The Labute approximate surface area is 511 Å². The molecule has 0 aliphatic rings. The van der Waals surface area contributed by atoms with Gasteiger partial charge in [-0.25, -0.2) is 0 Å². The van der Waals surface area contributed by atoms with Crippen molar-refractivity contribution in [1.29, 1.82) is 0 Å². The van der Waals surface area contributed by atoms with Gasteiger partial charge >= 0.3 is 0 Å². The van der Waals surface area contributed by atoms with Gasteiger partial charge in [0.25, 0.3) is 0 Å². The summed E-state index contributed by atoms with van der Waals surface area (Å²) >= 11 is 0. The Hall–Kier alpha value is -9.07. The lowest BCUT2D eigenvalue weighted by molar-refractivity contribution is -0.136. The quantitative estimate of drug-likeness (QED) is 0.0153. The molecule has 36 N–H and O–H groups in total. The Morgan fingerprint density at radius 3 is 0.841 bits per heavy atom. The first kappa shape index (κ1) is 78.9. The molecule has 10 amide bonds. The maximum absolute atomic E-state index is 14.6. The predicted molar refractivity (Wildman–Crippen MR) is 330 cm³/mol. The number of aliphatic hydroxyl groups excluding tert-OH is 1. The molecule has 0 rings (SSSR count). The third-order valence-electron chi connectivity index (χ3n) is 12.6. The van der Waals surface area contributed by atoms with E-state index in [1.807, 2.05) is 0 Å². The Bertz CT molecular complexity index is 2370. The van der Waals surface area contributed by atoms with Crippen molar-refractivity contribution in [3.8, 4) is 0 Å². The molecule has 0 unspecified atom stereocenters. The molecule has 0 saturated carbocycles. The first-order valence-corrected chi connectivity index (χ1v) is 28.8. The molecule has 0 heterocycles. The molecular weight excluding hydrogens is 1150 g/mol. The van der Waals surface area contributed by atoms with E-state index in [0.29, 0.717) is 19.3 Å². The minimum Gasteiger partial charge on any atom is -0.391 e. The molecule has 0 saturated heterocycles. The fourth-order valence-corrected chi connectivity index (χ4v) is 8.21. The smallest absolute Gasteiger partial charge is 0.243 e. The third-order valence-corrected chi connectivity index (χ3v) is 12.6. The van der Waals surface area contributed by atoms with E-state index in [1.54, 1.807) is 0 Å². The standard InChI is InChI=1S/C50H99N27O11/c1-27(78)37(38(53)81)77-45(88)35(18-11-25-68-50(62)63)76-42(85)32(13-4-6-20-52)72-41(84)31(12-3-5-19-51)73-43(86)34(17-10-24-67-49(60)61)75-44(87)33(16-9-23-66-48(58)59)74-40(83)30(15-8-22-65-47(56)57)71-36(80)26-69-39(82)29(70-28(2)79)14-7-21-64-46(54)55/h27,29-35,37,78H,3-26,51-52H2,1-2H3,(H2,53,81)(H,69,82)(H,70,79)(H,71,80)(H,72,84)(H,73,86)(H,74,83)(H,75,87)(H,76,85)(H,77,88)(H4,54,55,64)(H4,56,57,65)(H4,58,59,66)(H4,60,61,67)(H4,62,63,68)/t27-,29+,30+,31+,32+,33+,34+,35+,37+/m1/s1. The zero-order valence-corrected chi connectivity index (χ0v) is 50.4. The predicted octanol–water partition coefficient (Wildman–Crippen LogP) is -10.6. The molecule has 0 aliphatic heterocycles. The molecule has 9 atom stereocenters. The molecule has 0 aromatic rings. The lowest BCUT2D eigenvalue weighted by Gasteiger charge is -2.28. The number of aliphatic imine (C=N–C) groups is 5. The van der Waals surface area contributed by atoms with Gasteiger partial charge in [0.2, 0.25) is 59.1 Å². The van der Waals surface area contributed by atoms with E-state index in [-0.39, 0.29) is 159 Å². The van der Waals surface area contributed by atoms with E-state index in [2.05, 4.69) is 72.8 Å². The van der Waals surface area contributed by atoms with E-state index in [0.717, 1.165) is 0 Å². The van der Waals surface area contributed by atoms with Gasteiger partial charge in [0, 0.05) is 39.6 Å². The van der Waals surface area contributed by atoms with Crippen LogP contribution in [0.4, 0.5) is 0 Å². The van der Waals surface area contributed by atoms with Crippen LogP contribution >= 0.6 is 0 Å². The van der Waals surface area contributed by atoms with E-state index in [1.165, 1.54) is 13.8 Å². The van der Waals surface area contributed by atoms with Gasteiger partial charge in [0.15, 0.2) is 29.8 Å². The second kappa shape index (κ2) is 45.3. The number of guanidine groups is 5. The highest BCUT2D eigenvalue weighted by Crippen LogP contribution is 2.11. The molecule has 88 heavy (non-hydrogen) atoms. The fourth-order valence-electron chi connectivity index (χ4n) is 8.21. The van der Waals surface area contributed by atoms with Crippen LogP contribution in [0.3, 0.4) is 0 Å². The Kier molecular flexibility index (Phi) is 40.6. The van der Waals surface area contributed by atoms with Crippen LogP contribution in [0.25, 0.3) is 0 Å². The molecule has 0 aromatic heterocycles. The number of primary amides is 1. The number of hydrogen-bond acceptors (Lipinski definition) is 18. The molecule has 0 fully saturated rings. The Morgan fingerprint density at radius 2 is 0.602 bits per heavy atom. The van der Waals surface area contributed by atoms with Gasteiger partial charge in [-0.05, 0) is 123 Å². The largest absolute Gasteiger partial charge is 0.391 e. The number of aliphatic hydroxyl groups is 1. The van der Waals surface area contributed by atoms with E-state index >= 15 is 0 Å². The number of carbonyl (C=O) groups is 10. The van der Waals surface area contributed by atoms with Crippen LogP contribution in [0, 0.1) is 0 Å². The van der Waals surface area contributed by atoms with E-state index in [9.17, 15) is 53.1 Å². The highest BCUT2D eigenvalue weighted by Gasteiger charge is 2.35. The molecule has 500 valence electrons. The van der Waals surface area contributed by atoms with E-state index < -0.39 is 120 Å². The lowest BCUT2D eigenvalue weighted by atomic mass is 10.0. The van der Waals surface area contributed by atoms with Crippen molar-refractivity contribution in [3.05, 3.63) is 0 Å². The maximum Gasteiger partial charge on any atom is 0.243 e. The highest BCUT2D eigenvalue weighted by molar-refractivity contribution is 5.98. The van der Waals surface area contributed by atoms with Gasteiger partial charge in [-0.2, -0.15) is 0 Å². The summed E-state index contributed by atoms with van der Waals surface area (Å²) in [6.45, 7) is 2.32. The second-order valence-electron chi connectivity index (χ2n) is 20.3. The SMILES string of the molecule is CC(=O)N[C@@H](CCCN=C(N)N)C(=O)NCC(=O)N[C@@H](CCCN=C(N)N)C(=O)N[C@@H](CCCN=C(N)N)C(=O)N[C@@H](CCCN=C(N)N)C(=O)N[C@@H](CCCCN)C(=O)N[C@@H](CCCCN)C(=O)N[C@@H](CCCN=C(N)N)C(=O)N[C@H](C(N)=O)[C@@H](C)O. The molecule has 38 nitrogen and oxygen atoms in total. The zero-order chi connectivity index (χ0) is 66.7. The molecule has 38 heteroatoms. The van der Waals surface area contributed by atoms with Crippen LogP contribution in [0.1, 0.15) is 117 Å². The number of nitrogens with two attached hydrogens (primary N) is 13. The molecule has 0 aliphatic carbocycles. The average Bonchev–Trinajstić information content (AvgIpc) is 3.55. The summed E-state index contributed by atoms with van der Waals surface area (Å²) in [6.07, 6.45) is 0.185. The van der Waals surface area contributed by atoms with Gasteiger partial charge in [0.1, 0.15) is 48.3 Å². The van der Waals surface area contributed by atoms with Crippen LogP contribution in [0.15, 0.2) is 25.0 Å². The molecular formula is C50H99N27O11. The number of rotatable bonds is 47. The second-order valence-corrected chi connectivity index (χ2v) is 20.3. The van der Waals surface area contributed by atoms with Crippen molar-refractivity contribution in [2.24, 2.45) is 99.5 Å². The third kappa shape index (κ3) is 37.4. The number of unbranched alkanes of at least 4 members (excludes halogenated alkanes) is 2. The monoisotopic (exact) mass is 1250 g/mol. The number of hydrogen-bond donors (Lipinski definition) is 23. The summed E-state index contributed by atoms with van der Waals surface area (Å²) in [4.78, 5) is 156. The summed E-state index contributed by atoms with van der Waals surface area (Å²) < 4.78 is 0. The number of amides is 10. The van der Waals surface area contributed by atoms with E-state index in [4.69, 9.17) is 74.5 Å². The first-order valence-electron chi connectivity index (χ1n) is 28.8. The molecule has 0 spiro atoms. The normalized spacial score (nSPS) is 13.8. The zero-order valence-electron chi connectivity index (χ0n) is 50.4. The van der Waals surface area contributed by atoms with Gasteiger partial charge in [-0.1, -0.05) is 0 Å². The van der Waals surface area contributed by atoms with Crippen LogP contribution < -0.4 is 122 Å². The van der Waals surface area contributed by atoms with Gasteiger partial charge in [-0.15, -0.1) is 0 Å². The van der Waals surface area contributed by atoms with Gasteiger partial charge in [0.05, 0.1) is 12.6 Å². The molecule has 0 radical (unpaired) electrons. The summed E-state index contributed by atoms with van der Waals surface area (Å²) in [5.74, 6) is -9.70. The van der Waals surface area contributed by atoms with Crippen molar-refractivity contribution in [3.63, 3.8) is 0 Å². The minimum absolute atomic E-state index is 0.0109. The molecule has 0 bridgehead atoms.